The highest BCUT2D eigenvalue weighted by molar-refractivity contribution is 6.30. The predicted molar refractivity (Wildman–Crippen MR) is 253 cm³/mol. The van der Waals surface area contributed by atoms with Crippen LogP contribution in [-0.4, -0.2) is 0 Å². The Kier molecular flexibility index (Phi) is 7.38. The van der Waals surface area contributed by atoms with Crippen molar-refractivity contribution in [1.82, 2.24) is 0 Å². The average Bonchev–Trinajstić information content (AvgIpc) is 3.52. The summed E-state index contributed by atoms with van der Waals surface area (Å²) in [6.45, 7) is 4.77. The van der Waals surface area contributed by atoms with Crippen LogP contribution in [0.25, 0.3) is 109 Å². The standard InChI is InChI=1S/C59H40/c1-59(2)53-30-15-14-22-43(53)44-33-32-40(36-54(44)59)56-47-25-10-13-28-50(47)58(51-34-31-39(35-52(51)56)42-29-16-20-37-17-6-7-21-41(37)42)57-48-26-11-8-23-45(48)55(38-18-4-3-5-19-38)46-24-9-12-27-49(46)57/h3-36H,1-2H3. The fraction of sp³-hybridized carbons (Fsp3) is 0.0508. The molecule has 1 aliphatic carbocycles. The van der Waals surface area contributed by atoms with E-state index in [1.54, 1.807) is 0 Å². The molecule has 0 unspecified atom stereocenters. The molecule has 59 heavy (non-hydrogen) atoms. The molecule has 0 nitrogen and oxygen atoms in total. The Morgan fingerprint density at radius 2 is 0.712 bits per heavy atom. The second kappa shape index (κ2) is 12.9. The second-order valence-corrected chi connectivity index (χ2v) is 16.7. The first kappa shape index (κ1) is 33.8. The van der Waals surface area contributed by atoms with E-state index in [4.69, 9.17) is 0 Å². The molecule has 12 rings (SSSR count). The third-order valence-electron chi connectivity index (χ3n) is 13.2. The van der Waals surface area contributed by atoms with Crippen LogP contribution in [0.15, 0.2) is 206 Å². The lowest BCUT2D eigenvalue weighted by Crippen LogP contribution is -2.14. The van der Waals surface area contributed by atoms with Crippen LogP contribution in [0.3, 0.4) is 0 Å². The Hall–Kier alpha value is -7.28. The summed E-state index contributed by atoms with van der Waals surface area (Å²) in [5.41, 5.74) is 15.4. The van der Waals surface area contributed by atoms with Crippen LogP contribution in [0.1, 0.15) is 25.0 Å². The number of hydrogen-bond acceptors (Lipinski definition) is 0. The van der Waals surface area contributed by atoms with E-state index in [2.05, 4.69) is 220 Å². The Morgan fingerprint density at radius 1 is 0.254 bits per heavy atom. The Labute approximate surface area is 344 Å². The zero-order valence-corrected chi connectivity index (χ0v) is 33.1. The summed E-state index contributed by atoms with van der Waals surface area (Å²) in [6, 6.07) is 77.1. The summed E-state index contributed by atoms with van der Waals surface area (Å²) in [5, 5.41) is 12.6. The molecule has 0 amide bonds. The van der Waals surface area contributed by atoms with Gasteiger partial charge in [0.1, 0.15) is 0 Å². The van der Waals surface area contributed by atoms with Gasteiger partial charge < -0.3 is 0 Å². The highest BCUT2D eigenvalue weighted by Gasteiger charge is 2.35. The number of rotatable bonds is 4. The SMILES string of the molecule is CC1(C)c2ccccc2-c2ccc(-c3c4ccccc4c(-c4c5ccccc5c(-c5ccccc5)c5ccccc45)c4ccc(-c5cccc6ccccc56)cc34)cc21. The molecule has 0 heteroatoms. The van der Waals surface area contributed by atoms with E-state index in [1.807, 2.05) is 0 Å². The molecule has 0 fully saturated rings. The molecule has 0 heterocycles. The van der Waals surface area contributed by atoms with Gasteiger partial charge in [0.25, 0.3) is 0 Å². The van der Waals surface area contributed by atoms with Crippen molar-refractivity contribution in [3.63, 3.8) is 0 Å². The van der Waals surface area contributed by atoms with Gasteiger partial charge in [-0.2, -0.15) is 0 Å². The van der Waals surface area contributed by atoms with Crippen molar-refractivity contribution in [2.24, 2.45) is 0 Å². The Bertz CT molecular complexity index is 3450. The van der Waals surface area contributed by atoms with E-state index < -0.39 is 0 Å². The summed E-state index contributed by atoms with van der Waals surface area (Å²) in [4.78, 5) is 0. The molecule has 0 saturated carbocycles. The average molecular weight is 749 g/mol. The van der Waals surface area contributed by atoms with Crippen molar-refractivity contribution in [2.75, 3.05) is 0 Å². The maximum atomic E-state index is 2.50. The van der Waals surface area contributed by atoms with Crippen molar-refractivity contribution < 1.29 is 0 Å². The topological polar surface area (TPSA) is 0 Å². The van der Waals surface area contributed by atoms with E-state index in [0.29, 0.717) is 0 Å². The fourth-order valence-corrected chi connectivity index (χ4v) is 10.6. The van der Waals surface area contributed by atoms with Crippen molar-refractivity contribution >= 4 is 53.9 Å². The number of fused-ring (bicyclic) bond motifs is 8. The summed E-state index contributed by atoms with van der Waals surface area (Å²) >= 11 is 0. The Morgan fingerprint density at radius 3 is 1.37 bits per heavy atom. The minimum absolute atomic E-state index is 0.111. The molecule has 0 bridgehead atoms. The molecule has 0 atom stereocenters. The predicted octanol–water partition coefficient (Wildman–Crippen LogP) is 16.4. The van der Waals surface area contributed by atoms with Gasteiger partial charge in [-0.3, -0.25) is 0 Å². The molecule has 276 valence electrons. The largest absolute Gasteiger partial charge is 0.0622 e. The lowest BCUT2D eigenvalue weighted by Gasteiger charge is -2.24. The molecule has 11 aromatic carbocycles. The molecule has 11 aromatic rings. The number of hydrogen-bond donors (Lipinski definition) is 0. The molecule has 0 radical (unpaired) electrons. The minimum Gasteiger partial charge on any atom is -0.0622 e. The molecule has 0 N–H and O–H groups in total. The molecule has 1 aliphatic rings. The lowest BCUT2D eigenvalue weighted by atomic mass is 9.79. The van der Waals surface area contributed by atoms with Gasteiger partial charge in [0.15, 0.2) is 0 Å². The van der Waals surface area contributed by atoms with Gasteiger partial charge in [0, 0.05) is 5.41 Å². The summed E-state index contributed by atoms with van der Waals surface area (Å²) in [7, 11) is 0. The zero-order valence-electron chi connectivity index (χ0n) is 33.1. The van der Waals surface area contributed by atoms with E-state index in [0.717, 1.165) is 0 Å². The van der Waals surface area contributed by atoms with Crippen LogP contribution in [0.4, 0.5) is 0 Å². The summed E-state index contributed by atoms with van der Waals surface area (Å²) in [5.74, 6) is 0. The molecule has 0 aliphatic heterocycles. The monoisotopic (exact) mass is 748 g/mol. The normalized spacial score (nSPS) is 13.1. The second-order valence-electron chi connectivity index (χ2n) is 16.7. The van der Waals surface area contributed by atoms with E-state index >= 15 is 0 Å². The van der Waals surface area contributed by atoms with E-state index in [-0.39, 0.29) is 5.41 Å². The maximum Gasteiger partial charge on any atom is 0.0159 e. The molecular weight excluding hydrogens is 709 g/mol. The summed E-state index contributed by atoms with van der Waals surface area (Å²) < 4.78 is 0. The third kappa shape index (κ3) is 4.96. The van der Waals surface area contributed by atoms with Crippen molar-refractivity contribution in [3.8, 4) is 55.6 Å². The van der Waals surface area contributed by atoms with Crippen LogP contribution < -0.4 is 0 Å². The van der Waals surface area contributed by atoms with E-state index in [9.17, 15) is 0 Å². The van der Waals surface area contributed by atoms with Crippen LogP contribution in [0.5, 0.6) is 0 Å². The first-order chi connectivity index (χ1) is 29.1. The molecule has 0 saturated heterocycles. The number of benzene rings is 11. The van der Waals surface area contributed by atoms with Gasteiger partial charge in [0.05, 0.1) is 0 Å². The van der Waals surface area contributed by atoms with Crippen LogP contribution >= 0.6 is 0 Å². The van der Waals surface area contributed by atoms with Gasteiger partial charge in [-0.15, -0.1) is 0 Å². The zero-order chi connectivity index (χ0) is 39.2. The van der Waals surface area contributed by atoms with Gasteiger partial charge >= 0.3 is 0 Å². The van der Waals surface area contributed by atoms with Crippen LogP contribution in [0, 0.1) is 0 Å². The van der Waals surface area contributed by atoms with Crippen molar-refractivity contribution in [2.45, 2.75) is 19.3 Å². The quantitative estimate of drug-likeness (QED) is 0.157. The highest BCUT2D eigenvalue weighted by Crippen LogP contribution is 2.53. The Balaban J connectivity index is 1.24. The lowest BCUT2D eigenvalue weighted by molar-refractivity contribution is 0.660. The first-order valence-electron chi connectivity index (χ1n) is 20.8. The summed E-state index contributed by atoms with van der Waals surface area (Å²) in [6.07, 6.45) is 0. The van der Waals surface area contributed by atoms with Crippen molar-refractivity contribution in [1.29, 1.82) is 0 Å². The van der Waals surface area contributed by atoms with Crippen molar-refractivity contribution in [3.05, 3.63) is 217 Å². The molecule has 0 spiro atoms. The fourth-order valence-electron chi connectivity index (χ4n) is 10.6. The maximum absolute atomic E-state index is 2.50. The molecule has 0 aromatic heterocycles. The van der Waals surface area contributed by atoms with E-state index in [1.165, 1.54) is 121 Å². The third-order valence-corrected chi connectivity index (χ3v) is 13.2. The van der Waals surface area contributed by atoms with Gasteiger partial charge in [-0.05, 0) is 133 Å². The molecular formula is C59H40. The minimum atomic E-state index is -0.111. The smallest absolute Gasteiger partial charge is 0.0159 e. The van der Waals surface area contributed by atoms with Gasteiger partial charge in [-0.25, -0.2) is 0 Å². The highest BCUT2D eigenvalue weighted by atomic mass is 14.4. The van der Waals surface area contributed by atoms with Gasteiger partial charge in [-0.1, -0.05) is 208 Å². The van der Waals surface area contributed by atoms with Crippen LogP contribution in [-0.2, 0) is 5.41 Å². The van der Waals surface area contributed by atoms with Gasteiger partial charge in [0.2, 0.25) is 0 Å². The van der Waals surface area contributed by atoms with Crippen LogP contribution in [0.2, 0.25) is 0 Å². The first-order valence-corrected chi connectivity index (χ1v) is 20.8.